The lowest BCUT2D eigenvalue weighted by Gasteiger charge is -2.35. The number of amides is 4. The molecule has 21 heteroatoms. The van der Waals surface area contributed by atoms with E-state index in [1.165, 1.54) is 6.20 Å². The SMILES string of the molecule is Nc1cncc(-c2cn3ccnc3c(Nc3ccc(N4CCN(Cc5cn(CCOCCOCCNc6cccc7c6C(=O)N(C6CCC(=O)NC6=O)C7=O)nn5)CC4)cc3)n2)n1. The first-order valence-electron chi connectivity index (χ1n) is 20.7. The topological polar surface area (TPSA) is 245 Å². The molecular formula is C42H45N15O6. The van der Waals surface area contributed by atoms with Gasteiger partial charge in [-0.15, -0.1) is 5.10 Å². The van der Waals surface area contributed by atoms with Gasteiger partial charge in [0.2, 0.25) is 11.8 Å². The second kappa shape index (κ2) is 18.3. The number of ether oxygens (including phenoxy) is 2. The van der Waals surface area contributed by atoms with E-state index in [4.69, 9.17) is 20.2 Å². The minimum Gasteiger partial charge on any atom is -0.382 e. The first-order chi connectivity index (χ1) is 30.8. The molecule has 0 radical (unpaired) electrons. The molecule has 6 aromatic rings. The zero-order chi connectivity index (χ0) is 43.3. The van der Waals surface area contributed by atoms with E-state index in [1.54, 1.807) is 35.3 Å². The number of hydrogen-bond acceptors (Lipinski definition) is 17. The van der Waals surface area contributed by atoms with Crippen molar-refractivity contribution < 1.29 is 28.7 Å². The minimum atomic E-state index is -1.02. The van der Waals surface area contributed by atoms with E-state index in [0.29, 0.717) is 80.4 Å². The minimum absolute atomic E-state index is 0.0632. The van der Waals surface area contributed by atoms with Crippen LogP contribution in [0.5, 0.6) is 0 Å². The fourth-order valence-electron chi connectivity index (χ4n) is 7.85. The van der Waals surface area contributed by atoms with Gasteiger partial charge in [0.1, 0.15) is 23.2 Å². The summed E-state index contributed by atoms with van der Waals surface area (Å²) in [5.41, 5.74) is 11.6. The van der Waals surface area contributed by atoms with Crippen molar-refractivity contribution in [2.75, 3.05) is 80.4 Å². The monoisotopic (exact) mass is 855 g/mol. The normalized spacial score (nSPS) is 16.8. The number of nitrogens with one attached hydrogen (secondary N) is 3. The number of piperidine rings is 1. The van der Waals surface area contributed by atoms with Crippen LogP contribution in [0.3, 0.4) is 0 Å². The summed E-state index contributed by atoms with van der Waals surface area (Å²) in [5.74, 6) is -1.25. The Balaban J connectivity index is 0.661. The molecule has 2 aromatic carbocycles. The second-order valence-corrected chi connectivity index (χ2v) is 15.2. The van der Waals surface area contributed by atoms with Gasteiger partial charge in [-0.1, -0.05) is 11.3 Å². The quantitative estimate of drug-likeness (QED) is 0.0757. The Labute approximate surface area is 360 Å². The summed E-state index contributed by atoms with van der Waals surface area (Å²) in [6, 6.07) is 12.2. The number of anilines is 5. The third-order valence-electron chi connectivity index (χ3n) is 11.0. The number of rotatable bonds is 17. The van der Waals surface area contributed by atoms with Crippen LogP contribution in [0.15, 0.2) is 79.6 Å². The molecule has 0 aliphatic carbocycles. The van der Waals surface area contributed by atoms with Gasteiger partial charge in [-0.3, -0.25) is 39.3 Å². The summed E-state index contributed by atoms with van der Waals surface area (Å²) >= 11 is 0. The summed E-state index contributed by atoms with van der Waals surface area (Å²) in [7, 11) is 0. The fourth-order valence-corrected chi connectivity index (χ4v) is 7.85. The zero-order valence-corrected chi connectivity index (χ0v) is 34.2. The molecule has 0 saturated carbocycles. The summed E-state index contributed by atoms with van der Waals surface area (Å²) in [6.45, 7) is 6.74. The number of nitrogen functional groups attached to an aromatic ring is 1. The molecule has 21 nitrogen and oxygen atoms in total. The number of carbonyl (C=O) groups is 4. The molecule has 2 saturated heterocycles. The zero-order valence-electron chi connectivity index (χ0n) is 34.2. The molecule has 324 valence electrons. The predicted octanol–water partition coefficient (Wildman–Crippen LogP) is 1.97. The Hall–Kier alpha value is -7.36. The molecule has 63 heavy (non-hydrogen) atoms. The number of imidazole rings is 1. The van der Waals surface area contributed by atoms with Crippen LogP contribution in [-0.4, -0.2) is 138 Å². The molecule has 5 N–H and O–H groups in total. The number of fused-ring (bicyclic) bond motifs is 2. The molecule has 4 amide bonds. The molecule has 4 aromatic heterocycles. The van der Waals surface area contributed by atoms with Crippen molar-refractivity contribution in [3.8, 4) is 11.4 Å². The maximum atomic E-state index is 13.3. The Bertz CT molecular complexity index is 2640. The fraction of sp³-hybridized carbons (Fsp3) is 0.333. The average molecular weight is 856 g/mol. The number of nitrogens with two attached hydrogens (primary N) is 1. The van der Waals surface area contributed by atoms with Crippen LogP contribution in [-0.2, 0) is 32.2 Å². The van der Waals surface area contributed by atoms with Gasteiger partial charge in [0, 0.05) is 87.5 Å². The molecular weight excluding hydrogens is 811 g/mol. The van der Waals surface area contributed by atoms with Crippen LogP contribution in [0.4, 0.5) is 28.7 Å². The van der Waals surface area contributed by atoms with Gasteiger partial charge in [0.05, 0.1) is 62.2 Å². The Morgan fingerprint density at radius 1 is 0.873 bits per heavy atom. The number of aromatic nitrogens is 8. The number of piperazine rings is 1. The van der Waals surface area contributed by atoms with Gasteiger partial charge in [0.15, 0.2) is 11.5 Å². The van der Waals surface area contributed by atoms with Crippen LogP contribution in [0, 0.1) is 0 Å². The Kier molecular flexibility index (Phi) is 11.9. The summed E-state index contributed by atoms with van der Waals surface area (Å²) in [6.07, 6.45) is 10.7. The van der Waals surface area contributed by atoms with Crippen molar-refractivity contribution >= 4 is 58.0 Å². The van der Waals surface area contributed by atoms with Crippen molar-refractivity contribution in [3.63, 3.8) is 0 Å². The van der Waals surface area contributed by atoms with Gasteiger partial charge in [-0.25, -0.2) is 19.6 Å². The van der Waals surface area contributed by atoms with Crippen LogP contribution < -0.4 is 26.6 Å². The van der Waals surface area contributed by atoms with E-state index >= 15 is 0 Å². The van der Waals surface area contributed by atoms with Crippen LogP contribution >= 0.6 is 0 Å². The molecule has 3 aliphatic heterocycles. The van der Waals surface area contributed by atoms with Gasteiger partial charge in [-0.2, -0.15) is 0 Å². The first-order valence-corrected chi connectivity index (χ1v) is 20.7. The summed E-state index contributed by atoms with van der Waals surface area (Å²) in [4.78, 5) is 73.8. The van der Waals surface area contributed by atoms with Crippen molar-refractivity contribution in [3.05, 3.63) is 96.5 Å². The molecule has 7 heterocycles. The highest BCUT2D eigenvalue weighted by Gasteiger charge is 2.45. The molecule has 0 spiro atoms. The summed E-state index contributed by atoms with van der Waals surface area (Å²) < 4.78 is 15.1. The van der Waals surface area contributed by atoms with Crippen molar-refractivity contribution in [2.24, 2.45) is 0 Å². The number of hydrogen-bond donors (Lipinski definition) is 4. The van der Waals surface area contributed by atoms with Crippen molar-refractivity contribution in [2.45, 2.75) is 32.0 Å². The van der Waals surface area contributed by atoms with Crippen LogP contribution in [0.1, 0.15) is 39.3 Å². The third kappa shape index (κ3) is 9.15. The van der Waals surface area contributed by atoms with E-state index in [1.807, 2.05) is 35.1 Å². The highest BCUT2D eigenvalue weighted by atomic mass is 16.5. The van der Waals surface area contributed by atoms with Crippen LogP contribution in [0.2, 0.25) is 0 Å². The second-order valence-electron chi connectivity index (χ2n) is 15.2. The highest BCUT2D eigenvalue weighted by Crippen LogP contribution is 2.32. The predicted molar refractivity (Wildman–Crippen MR) is 229 cm³/mol. The lowest BCUT2D eigenvalue weighted by atomic mass is 10.0. The lowest BCUT2D eigenvalue weighted by Crippen LogP contribution is -2.54. The molecule has 0 bridgehead atoms. The van der Waals surface area contributed by atoms with E-state index in [0.717, 1.165) is 48.1 Å². The average Bonchev–Trinajstić information content (AvgIpc) is 4.02. The molecule has 1 unspecified atom stereocenters. The number of nitrogens with zero attached hydrogens (tertiary/aromatic N) is 11. The smallest absolute Gasteiger partial charge is 0.264 e. The van der Waals surface area contributed by atoms with E-state index in [9.17, 15) is 19.2 Å². The van der Waals surface area contributed by atoms with Gasteiger partial charge >= 0.3 is 0 Å². The summed E-state index contributed by atoms with van der Waals surface area (Å²) in [5, 5.41) is 17.5. The number of carbonyl (C=O) groups excluding carboxylic acids is 4. The Morgan fingerprint density at radius 2 is 1.70 bits per heavy atom. The Morgan fingerprint density at radius 3 is 2.51 bits per heavy atom. The number of benzene rings is 2. The van der Waals surface area contributed by atoms with E-state index < -0.39 is 29.7 Å². The van der Waals surface area contributed by atoms with Crippen LogP contribution in [0.25, 0.3) is 17.0 Å². The highest BCUT2D eigenvalue weighted by molar-refractivity contribution is 6.25. The van der Waals surface area contributed by atoms with Gasteiger partial charge in [0.25, 0.3) is 11.8 Å². The van der Waals surface area contributed by atoms with E-state index in [2.05, 4.69) is 63.1 Å². The molecule has 9 rings (SSSR count). The molecule has 2 fully saturated rings. The molecule has 3 aliphatic rings. The third-order valence-corrected chi connectivity index (χ3v) is 11.0. The van der Waals surface area contributed by atoms with E-state index in [-0.39, 0.29) is 24.0 Å². The van der Waals surface area contributed by atoms with Crippen molar-refractivity contribution in [1.29, 1.82) is 0 Å². The first kappa shape index (κ1) is 41.0. The van der Waals surface area contributed by atoms with Gasteiger partial charge < -0.3 is 35.1 Å². The van der Waals surface area contributed by atoms with Crippen molar-refractivity contribution in [1.82, 2.24) is 54.4 Å². The standard InChI is InChI=1S/C42H45N15O6/c43-35-23-44-22-32(48-35)33-26-55-12-10-46-39(55)38(49-33)47-27-4-6-29(7-5-27)54-15-13-53(14-16-54)24-28-25-56(52-51-28)17-19-63-21-20-62-18-11-45-31-3-1-2-30-37(31)42(61)57(41(30)60)34-8-9-36(58)50-40(34)59/h1-7,10,12,22-23,25-26,34,45H,8-9,11,13-21,24H2,(H2,43,48)(H,47,49)(H,50,58,59). The number of imide groups is 2. The maximum absolute atomic E-state index is 13.3. The van der Waals surface area contributed by atoms with Gasteiger partial charge in [-0.05, 0) is 42.8 Å². The molecule has 1 atom stereocenters. The lowest BCUT2D eigenvalue weighted by molar-refractivity contribution is -0.136. The maximum Gasteiger partial charge on any atom is 0.264 e. The largest absolute Gasteiger partial charge is 0.382 e.